The molecular formula is C21H23N5O3S2. The number of aromatic amines is 2. The number of aliphatic carboxylic acids is 1. The number of H-pyrrole nitrogens is 2. The molecule has 0 spiro atoms. The van der Waals surface area contributed by atoms with E-state index in [0.717, 1.165) is 22.6 Å². The van der Waals surface area contributed by atoms with E-state index >= 15 is 0 Å². The Kier molecular flexibility index (Phi) is 5.59. The number of fused-ring (bicyclic) bond motifs is 1. The number of hydrogen-bond donors (Lipinski definition) is 4. The van der Waals surface area contributed by atoms with Gasteiger partial charge in [-0.1, -0.05) is 6.07 Å². The lowest BCUT2D eigenvalue weighted by molar-refractivity contribution is -0.143. The van der Waals surface area contributed by atoms with Crippen LogP contribution in [0, 0.1) is 9.54 Å². The third-order valence-electron chi connectivity index (χ3n) is 5.80. The van der Waals surface area contributed by atoms with Crippen molar-refractivity contribution >= 4 is 41.8 Å². The van der Waals surface area contributed by atoms with Crippen molar-refractivity contribution in [2.45, 2.75) is 25.3 Å². The topological polar surface area (TPSA) is 98.3 Å². The van der Waals surface area contributed by atoms with Crippen LogP contribution in [-0.2, 0) is 11.2 Å². The van der Waals surface area contributed by atoms with Crippen LogP contribution < -0.4 is 15.0 Å². The van der Waals surface area contributed by atoms with E-state index in [2.05, 4.69) is 15.5 Å². The summed E-state index contributed by atoms with van der Waals surface area (Å²) in [6, 6.07) is 13.4. The van der Waals surface area contributed by atoms with E-state index in [9.17, 15) is 9.90 Å². The number of aryl methyl sites for hydroxylation is 1. The van der Waals surface area contributed by atoms with Crippen LogP contribution in [0.5, 0.6) is 5.75 Å². The van der Waals surface area contributed by atoms with Gasteiger partial charge in [0.1, 0.15) is 11.3 Å². The maximum Gasteiger partial charge on any atom is 0.329 e. The molecule has 1 aromatic heterocycles. The molecule has 0 saturated heterocycles. The van der Waals surface area contributed by atoms with Crippen LogP contribution in [0.15, 0.2) is 42.5 Å². The summed E-state index contributed by atoms with van der Waals surface area (Å²) in [6.45, 7) is 2.04. The van der Waals surface area contributed by atoms with Crippen molar-refractivity contribution in [1.82, 2.24) is 14.8 Å². The minimum absolute atomic E-state index is 0.274. The molecule has 2 heterocycles. The molecule has 4 rings (SSSR count). The van der Waals surface area contributed by atoms with Gasteiger partial charge in [0.15, 0.2) is 16.3 Å². The Morgan fingerprint density at radius 3 is 2.68 bits per heavy atom. The fourth-order valence-electron chi connectivity index (χ4n) is 3.75. The number of nitrogens with zero attached hydrogens (tertiary/aromatic N) is 2. The van der Waals surface area contributed by atoms with Gasteiger partial charge in [-0.2, -0.15) is 0 Å². The molecule has 31 heavy (non-hydrogen) atoms. The molecule has 1 aliphatic rings. The highest BCUT2D eigenvalue weighted by Gasteiger charge is 2.41. The van der Waals surface area contributed by atoms with Gasteiger partial charge in [-0.3, -0.25) is 14.8 Å². The van der Waals surface area contributed by atoms with Crippen LogP contribution in [0.3, 0.4) is 0 Å². The molecule has 1 aliphatic heterocycles. The van der Waals surface area contributed by atoms with Gasteiger partial charge in [-0.05, 0) is 80.1 Å². The Morgan fingerprint density at radius 1 is 1.23 bits per heavy atom. The number of carbonyl (C=O) groups is 1. The van der Waals surface area contributed by atoms with Gasteiger partial charge in [0.25, 0.3) is 0 Å². The number of nitrogens with one attached hydrogen (secondary N) is 3. The number of likely N-dealkylation sites (N-methyl/N-ethyl adjacent to an activating group) is 1. The van der Waals surface area contributed by atoms with Gasteiger partial charge in [0.05, 0.1) is 5.69 Å². The highest BCUT2D eigenvalue weighted by atomic mass is 32.1. The Morgan fingerprint density at radius 2 is 1.97 bits per heavy atom. The molecule has 0 aliphatic carbocycles. The number of anilines is 2. The summed E-state index contributed by atoms with van der Waals surface area (Å²) in [6.07, 6.45) is 1.27. The zero-order valence-electron chi connectivity index (χ0n) is 17.1. The van der Waals surface area contributed by atoms with Crippen LogP contribution in [0.2, 0.25) is 0 Å². The lowest BCUT2D eigenvalue weighted by atomic mass is 9.86. The van der Waals surface area contributed by atoms with Crippen LogP contribution in [0.1, 0.15) is 18.9 Å². The zero-order valence-corrected chi connectivity index (χ0v) is 18.8. The van der Waals surface area contributed by atoms with E-state index in [1.165, 1.54) is 0 Å². The second-order valence-electron chi connectivity index (χ2n) is 7.64. The van der Waals surface area contributed by atoms with E-state index in [-0.39, 0.29) is 6.73 Å². The first-order valence-corrected chi connectivity index (χ1v) is 10.6. The van der Waals surface area contributed by atoms with Gasteiger partial charge in [-0.25, -0.2) is 4.79 Å². The summed E-state index contributed by atoms with van der Waals surface area (Å²) < 4.78 is 8.54. The second-order valence-corrected chi connectivity index (χ2v) is 8.41. The molecule has 0 saturated carbocycles. The maximum atomic E-state index is 11.7. The molecule has 2 aromatic carbocycles. The van der Waals surface area contributed by atoms with Gasteiger partial charge in [0, 0.05) is 24.5 Å². The van der Waals surface area contributed by atoms with E-state index in [4.69, 9.17) is 29.2 Å². The monoisotopic (exact) mass is 457 g/mol. The van der Waals surface area contributed by atoms with Crippen molar-refractivity contribution in [2.24, 2.45) is 0 Å². The third-order valence-corrected chi connectivity index (χ3v) is 6.37. The molecule has 0 fully saturated rings. The SMILES string of the molecule is CN1c2ccc(NCOc3cccc(-n4c(=S)[nH][nH]c4=S)c3)cc2CCC1(C)C(=O)O. The average molecular weight is 458 g/mol. The highest BCUT2D eigenvalue weighted by Crippen LogP contribution is 2.37. The van der Waals surface area contributed by atoms with Crippen molar-refractivity contribution in [1.29, 1.82) is 0 Å². The summed E-state index contributed by atoms with van der Waals surface area (Å²) in [5.41, 5.74) is 2.89. The maximum absolute atomic E-state index is 11.7. The number of ether oxygens (including phenoxy) is 1. The molecule has 0 radical (unpaired) electrons. The highest BCUT2D eigenvalue weighted by molar-refractivity contribution is 7.72. The van der Waals surface area contributed by atoms with Crippen LogP contribution in [0.25, 0.3) is 5.69 Å². The number of hydrogen-bond acceptors (Lipinski definition) is 6. The van der Waals surface area contributed by atoms with Crippen molar-refractivity contribution in [3.63, 3.8) is 0 Å². The predicted molar refractivity (Wildman–Crippen MR) is 124 cm³/mol. The smallest absolute Gasteiger partial charge is 0.329 e. The number of carboxylic acids is 1. The minimum atomic E-state index is -0.888. The summed E-state index contributed by atoms with van der Waals surface area (Å²) in [5.74, 6) is -0.127. The summed E-state index contributed by atoms with van der Waals surface area (Å²) in [4.78, 5) is 13.5. The van der Waals surface area contributed by atoms with Crippen molar-refractivity contribution in [3.8, 4) is 11.4 Å². The second kappa shape index (κ2) is 8.20. The molecule has 1 atom stereocenters. The molecule has 0 bridgehead atoms. The number of benzene rings is 2. The summed E-state index contributed by atoms with van der Waals surface area (Å²) in [7, 11) is 1.83. The zero-order chi connectivity index (χ0) is 22.2. The molecule has 10 heteroatoms. The van der Waals surface area contributed by atoms with Gasteiger partial charge in [-0.15, -0.1) is 0 Å². The summed E-state index contributed by atoms with van der Waals surface area (Å²) in [5, 5.41) is 18.5. The Balaban J connectivity index is 1.44. The first-order valence-electron chi connectivity index (χ1n) is 9.76. The van der Waals surface area contributed by atoms with Gasteiger partial charge in [0.2, 0.25) is 0 Å². The van der Waals surface area contributed by atoms with E-state index in [0.29, 0.717) is 28.1 Å². The number of rotatable bonds is 6. The summed E-state index contributed by atoms with van der Waals surface area (Å²) >= 11 is 10.5. The van der Waals surface area contributed by atoms with E-state index in [1.54, 1.807) is 11.5 Å². The molecule has 1 unspecified atom stereocenters. The van der Waals surface area contributed by atoms with Gasteiger partial charge >= 0.3 is 5.97 Å². The molecule has 0 amide bonds. The first kappa shape index (κ1) is 21.1. The molecular weight excluding hydrogens is 434 g/mol. The molecule has 8 nitrogen and oxygen atoms in total. The van der Waals surface area contributed by atoms with Crippen molar-refractivity contribution < 1.29 is 14.6 Å². The van der Waals surface area contributed by atoms with Crippen molar-refractivity contribution in [3.05, 3.63) is 57.6 Å². The average Bonchev–Trinajstić information content (AvgIpc) is 3.09. The lowest BCUT2D eigenvalue weighted by Gasteiger charge is -2.42. The number of aromatic nitrogens is 3. The van der Waals surface area contributed by atoms with E-state index < -0.39 is 11.5 Å². The van der Waals surface area contributed by atoms with E-state index in [1.807, 2.05) is 54.4 Å². The number of carboxylic acid groups (broad SMARTS) is 1. The normalized spacial score (nSPS) is 17.8. The van der Waals surface area contributed by atoms with Crippen molar-refractivity contribution in [2.75, 3.05) is 24.0 Å². The largest absolute Gasteiger partial charge is 0.480 e. The Labute approximate surface area is 189 Å². The predicted octanol–water partition coefficient (Wildman–Crippen LogP) is 4.27. The quantitative estimate of drug-likeness (QED) is 0.324. The standard InChI is InChI=1S/C21H23N5O3S2/c1-21(18(27)28)9-8-13-10-14(6-7-17(13)25(21)2)22-12-29-16-5-3-4-15(11-16)26-19(30)23-24-20(26)31/h3-7,10-11,22H,8-9,12H2,1-2H3,(H,23,30)(H,24,31)(H,27,28). The lowest BCUT2D eigenvalue weighted by Crippen LogP contribution is -2.53. The minimum Gasteiger partial charge on any atom is -0.480 e. The Bertz CT molecular complexity index is 1220. The van der Waals surface area contributed by atoms with Crippen LogP contribution in [-0.4, -0.2) is 45.2 Å². The molecule has 3 aromatic rings. The fourth-order valence-corrected chi connectivity index (χ4v) is 4.30. The molecule has 4 N–H and O–H groups in total. The Hall–Kier alpha value is -3.11. The molecule has 162 valence electrons. The fraction of sp³-hybridized carbons (Fsp3) is 0.286. The van der Waals surface area contributed by atoms with Crippen LogP contribution >= 0.6 is 24.4 Å². The van der Waals surface area contributed by atoms with Gasteiger partial charge < -0.3 is 20.1 Å². The third kappa shape index (κ3) is 3.96. The first-order chi connectivity index (χ1) is 14.8. The van der Waals surface area contributed by atoms with Crippen LogP contribution in [0.4, 0.5) is 11.4 Å².